The lowest BCUT2D eigenvalue weighted by molar-refractivity contribution is -0.105. The molecular weight excluding hydrogens is 310 g/mol. The fraction of sp³-hybridized carbons (Fsp3) is 0.250. The Morgan fingerprint density at radius 2 is 2.10 bits per heavy atom. The van der Waals surface area contributed by atoms with E-state index in [1.54, 1.807) is 0 Å². The number of carbonyl (C=O) groups is 1. The van der Waals surface area contributed by atoms with Gasteiger partial charge in [0.2, 0.25) is 5.16 Å². The minimum atomic E-state index is -4.33. The summed E-state index contributed by atoms with van der Waals surface area (Å²) in [5.41, 5.74) is 0.171. The Balaban J connectivity index is 2.29. The Bertz CT molecular complexity index is 669. The highest BCUT2D eigenvalue weighted by atomic mass is 32.2. The molecule has 0 aliphatic rings. The van der Waals surface area contributed by atoms with E-state index in [2.05, 4.69) is 10.1 Å². The van der Waals surface area contributed by atoms with E-state index in [9.17, 15) is 22.4 Å². The molecule has 0 unspecified atom stereocenters. The third kappa shape index (κ3) is 3.81. The maximum atomic E-state index is 13.9. The van der Waals surface area contributed by atoms with Gasteiger partial charge in [-0.1, -0.05) is 11.8 Å². The Morgan fingerprint density at radius 1 is 1.38 bits per heavy atom. The Hall–Kier alpha value is -1.90. The van der Waals surface area contributed by atoms with Crippen LogP contribution < -0.4 is 0 Å². The number of hydrogen-bond acceptors (Lipinski definition) is 4. The van der Waals surface area contributed by atoms with Crippen molar-refractivity contribution in [2.45, 2.75) is 18.3 Å². The number of carbonyl (C=O) groups excluding carboxylic acids is 1. The molecule has 0 atom stereocenters. The van der Waals surface area contributed by atoms with Crippen molar-refractivity contribution in [2.24, 2.45) is 0 Å². The fourth-order valence-electron chi connectivity index (χ4n) is 1.57. The van der Waals surface area contributed by atoms with Crippen LogP contribution in [0.15, 0.2) is 23.4 Å². The van der Waals surface area contributed by atoms with E-state index in [0.29, 0.717) is 18.0 Å². The second kappa shape index (κ2) is 5.84. The lowest BCUT2D eigenvalue weighted by atomic mass is 10.2. The molecule has 0 aliphatic heterocycles. The average Bonchev–Trinajstić information content (AvgIpc) is 2.77. The van der Waals surface area contributed by atoms with Gasteiger partial charge in [-0.3, -0.25) is 4.79 Å². The number of thioether (sulfide) groups is 1. The van der Waals surface area contributed by atoms with Crippen LogP contribution in [0.5, 0.6) is 0 Å². The lowest BCUT2D eigenvalue weighted by Gasteiger charge is -2.05. The van der Waals surface area contributed by atoms with Crippen LogP contribution in [0.1, 0.15) is 16.2 Å². The zero-order chi connectivity index (χ0) is 15.6. The summed E-state index contributed by atoms with van der Waals surface area (Å²) < 4.78 is 51.4. The Labute approximate surface area is 121 Å². The van der Waals surface area contributed by atoms with Crippen molar-refractivity contribution < 1.29 is 22.4 Å². The molecule has 4 nitrogen and oxygen atoms in total. The molecule has 0 fully saturated rings. The van der Waals surface area contributed by atoms with Crippen LogP contribution in [0.25, 0.3) is 5.69 Å². The van der Waals surface area contributed by atoms with Crippen LogP contribution in [-0.2, 0) is 0 Å². The molecule has 2 rings (SSSR count). The van der Waals surface area contributed by atoms with Gasteiger partial charge in [0.05, 0.1) is 5.75 Å². The van der Waals surface area contributed by atoms with Crippen molar-refractivity contribution in [3.05, 3.63) is 35.4 Å². The van der Waals surface area contributed by atoms with Crippen molar-refractivity contribution >= 4 is 18.0 Å². The van der Waals surface area contributed by atoms with E-state index < -0.39 is 17.7 Å². The molecule has 112 valence electrons. The lowest BCUT2D eigenvalue weighted by Crippen LogP contribution is -2.10. The summed E-state index contributed by atoms with van der Waals surface area (Å²) in [4.78, 5) is 14.4. The largest absolute Gasteiger partial charge is 0.398 e. The number of aldehydes is 1. The molecule has 0 radical (unpaired) electrons. The van der Waals surface area contributed by atoms with Crippen LogP contribution in [0.3, 0.4) is 0 Å². The van der Waals surface area contributed by atoms with Gasteiger partial charge in [-0.2, -0.15) is 13.2 Å². The molecule has 1 heterocycles. The minimum Gasteiger partial charge on any atom is -0.298 e. The average molecular weight is 319 g/mol. The minimum absolute atomic E-state index is 0.0180. The molecule has 0 spiro atoms. The van der Waals surface area contributed by atoms with Gasteiger partial charge < -0.3 is 0 Å². The third-order valence-electron chi connectivity index (χ3n) is 2.45. The van der Waals surface area contributed by atoms with Gasteiger partial charge in [-0.25, -0.2) is 14.1 Å². The van der Waals surface area contributed by atoms with Crippen molar-refractivity contribution in [2.75, 3.05) is 5.75 Å². The molecule has 0 bridgehead atoms. The number of benzene rings is 1. The van der Waals surface area contributed by atoms with Crippen molar-refractivity contribution in [1.82, 2.24) is 14.8 Å². The number of rotatable bonds is 4. The highest BCUT2D eigenvalue weighted by Gasteiger charge is 2.28. The molecule has 0 aliphatic carbocycles. The smallest absolute Gasteiger partial charge is 0.298 e. The number of nitrogens with zero attached hydrogens (tertiary/aromatic N) is 3. The van der Waals surface area contributed by atoms with Gasteiger partial charge in [0.15, 0.2) is 0 Å². The molecule has 2 aromatic rings. The highest BCUT2D eigenvalue weighted by molar-refractivity contribution is 7.99. The van der Waals surface area contributed by atoms with Gasteiger partial charge in [0.25, 0.3) is 0 Å². The van der Waals surface area contributed by atoms with E-state index in [1.807, 2.05) is 0 Å². The maximum Gasteiger partial charge on any atom is 0.398 e. The molecule has 21 heavy (non-hydrogen) atoms. The molecular formula is C12H9F4N3OS. The van der Waals surface area contributed by atoms with Gasteiger partial charge in [0, 0.05) is 5.56 Å². The normalized spacial score (nSPS) is 11.7. The van der Waals surface area contributed by atoms with Gasteiger partial charge >= 0.3 is 6.18 Å². The number of halogens is 4. The maximum absolute atomic E-state index is 13.9. The van der Waals surface area contributed by atoms with Crippen LogP contribution in [0.4, 0.5) is 17.6 Å². The molecule has 0 amide bonds. The molecule has 0 saturated carbocycles. The zero-order valence-corrected chi connectivity index (χ0v) is 11.5. The molecule has 1 aromatic heterocycles. The molecule has 1 aromatic carbocycles. The Morgan fingerprint density at radius 3 is 2.67 bits per heavy atom. The summed E-state index contributed by atoms with van der Waals surface area (Å²) in [5.74, 6) is -1.58. The van der Waals surface area contributed by atoms with E-state index in [-0.39, 0.29) is 22.2 Å². The van der Waals surface area contributed by atoms with Crippen LogP contribution in [0, 0.1) is 12.7 Å². The van der Waals surface area contributed by atoms with Crippen molar-refractivity contribution in [3.8, 4) is 5.69 Å². The zero-order valence-electron chi connectivity index (χ0n) is 10.7. The van der Waals surface area contributed by atoms with Crippen LogP contribution in [0.2, 0.25) is 0 Å². The van der Waals surface area contributed by atoms with E-state index in [1.165, 1.54) is 19.1 Å². The topological polar surface area (TPSA) is 47.8 Å². The molecule has 9 heteroatoms. The second-order valence-corrected chi connectivity index (χ2v) is 5.03. The van der Waals surface area contributed by atoms with Crippen LogP contribution in [-0.4, -0.2) is 33.0 Å². The first kappa shape index (κ1) is 15.5. The summed E-state index contributed by atoms with van der Waals surface area (Å²) in [7, 11) is 0. The van der Waals surface area contributed by atoms with Gasteiger partial charge in [-0.05, 0) is 25.1 Å². The summed E-state index contributed by atoms with van der Waals surface area (Å²) in [6, 6.07) is 3.72. The first-order chi connectivity index (χ1) is 9.80. The van der Waals surface area contributed by atoms with E-state index >= 15 is 0 Å². The first-order valence-corrected chi connectivity index (χ1v) is 6.67. The monoisotopic (exact) mass is 319 g/mol. The summed E-state index contributed by atoms with van der Waals surface area (Å²) in [6.07, 6.45) is -3.84. The Kier molecular flexibility index (Phi) is 4.31. The standard InChI is InChI=1S/C12H9F4N3OS/c1-7-17-11(21-6-12(14,15)16)18-19(7)10-3-2-8(5-20)4-9(10)13/h2-5H,6H2,1H3. The molecule has 0 saturated heterocycles. The fourth-order valence-corrected chi connectivity index (χ4v) is 2.20. The SMILES string of the molecule is Cc1nc(SCC(F)(F)F)nn1-c1ccc(C=O)cc1F. The summed E-state index contributed by atoms with van der Waals surface area (Å²) in [6.45, 7) is 1.50. The first-order valence-electron chi connectivity index (χ1n) is 5.68. The summed E-state index contributed by atoms with van der Waals surface area (Å²) in [5, 5.41) is 3.75. The number of alkyl halides is 3. The van der Waals surface area contributed by atoms with Gasteiger partial charge in [-0.15, -0.1) is 5.10 Å². The number of aromatic nitrogens is 3. The van der Waals surface area contributed by atoms with Crippen molar-refractivity contribution in [1.29, 1.82) is 0 Å². The third-order valence-corrected chi connectivity index (χ3v) is 3.35. The predicted octanol–water partition coefficient (Wildman–Crippen LogP) is 3.18. The summed E-state index contributed by atoms with van der Waals surface area (Å²) >= 11 is 0.424. The molecule has 0 N–H and O–H groups in total. The van der Waals surface area contributed by atoms with Gasteiger partial charge in [0.1, 0.15) is 23.6 Å². The van der Waals surface area contributed by atoms with E-state index in [4.69, 9.17) is 0 Å². The predicted molar refractivity (Wildman–Crippen MR) is 68.2 cm³/mol. The quantitative estimate of drug-likeness (QED) is 0.493. The number of hydrogen-bond donors (Lipinski definition) is 0. The number of aryl methyl sites for hydroxylation is 1. The van der Waals surface area contributed by atoms with Crippen LogP contribution >= 0.6 is 11.8 Å². The van der Waals surface area contributed by atoms with E-state index in [0.717, 1.165) is 10.7 Å². The highest BCUT2D eigenvalue weighted by Crippen LogP contribution is 2.26. The second-order valence-electron chi connectivity index (χ2n) is 4.09. The van der Waals surface area contributed by atoms with Crippen molar-refractivity contribution in [3.63, 3.8) is 0 Å².